The van der Waals surface area contributed by atoms with E-state index >= 15 is 0 Å². The van der Waals surface area contributed by atoms with Crippen LogP contribution >= 0.6 is 0 Å². The summed E-state index contributed by atoms with van der Waals surface area (Å²) in [6.07, 6.45) is 0.243. The number of nitrogens with two attached hydrogens (primary N) is 1. The van der Waals surface area contributed by atoms with Crippen LogP contribution in [-0.4, -0.2) is 37.6 Å². The highest BCUT2D eigenvalue weighted by Crippen LogP contribution is 2.34. The van der Waals surface area contributed by atoms with Gasteiger partial charge in [0.05, 0.1) is 12.0 Å². The zero-order valence-corrected chi connectivity index (χ0v) is 16.9. The molecule has 0 saturated carbocycles. The van der Waals surface area contributed by atoms with E-state index < -0.39 is 35.2 Å². The molecule has 8 nitrogen and oxygen atoms in total. The Morgan fingerprint density at radius 2 is 1.87 bits per heavy atom. The molecule has 0 amide bonds. The molecule has 3 rings (SSSR count). The van der Waals surface area contributed by atoms with E-state index in [-0.39, 0.29) is 23.9 Å². The maximum absolute atomic E-state index is 14.9. The summed E-state index contributed by atoms with van der Waals surface area (Å²) in [4.78, 5) is 24.1. The van der Waals surface area contributed by atoms with Crippen molar-refractivity contribution in [2.45, 2.75) is 39.2 Å². The highest BCUT2D eigenvalue weighted by molar-refractivity contribution is 6.11. The minimum Gasteiger partial charge on any atom is -0.508 e. The van der Waals surface area contributed by atoms with E-state index in [4.69, 9.17) is 10.3 Å². The lowest BCUT2D eigenvalue weighted by Crippen LogP contribution is -2.32. The second-order valence-corrected chi connectivity index (χ2v) is 6.94. The van der Waals surface area contributed by atoms with Gasteiger partial charge >= 0.3 is 11.9 Å². The fraction of sp³-hybridized carbons (Fsp3) is 0.286. The van der Waals surface area contributed by atoms with Gasteiger partial charge in [0, 0.05) is 23.9 Å². The van der Waals surface area contributed by atoms with Gasteiger partial charge in [-0.3, -0.25) is 4.79 Å². The standard InChI is InChI=1S/C21H21F2N3O5/c1-3-13-15(31-25-17(13)11-5-7-12(27)8-6-11)9-21(22,23)18(28)14-10-26(4-2)19(24)16(14)20(29)30/h5-8,10,27H,3-4,9,24H2,1-2H3,(H,29,30). The number of aryl methyl sites for hydroxylation is 1. The number of nitrogen functional groups attached to an aromatic ring is 1. The van der Waals surface area contributed by atoms with Gasteiger partial charge in [-0.25, -0.2) is 4.79 Å². The fourth-order valence-corrected chi connectivity index (χ4v) is 3.40. The number of alkyl halides is 2. The van der Waals surface area contributed by atoms with Crippen LogP contribution in [0.5, 0.6) is 5.75 Å². The number of phenols is 1. The van der Waals surface area contributed by atoms with Crippen molar-refractivity contribution in [3.8, 4) is 17.0 Å². The van der Waals surface area contributed by atoms with Crippen molar-refractivity contribution in [3.63, 3.8) is 0 Å². The summed E-state index contributed by atoms with van der Waals surface area (Å²) in [6, 6.07) is 5.98. The van der Waals surface area contributed by atoms with Gasteiger partial charge in [-0.2, -0.15) is 8.78 Å². The number of carboxylic acid groups (broad SMARTS) is 1. The van der Waals surface area contributed by atoms with E-state index in [0.29, 0.717) is 23.2 Å². The molecule has 0 radical (unpaired) electrons. The maximum Gasteiger partial charge on any atom is 0.340 e. The topological polar surface area (TPSA) is 132 Å². The van der Waals surface area contributed by atoms with Crippen LogP contribution in [0.2, 0.25) is 0 Å². The Kier molecular flexibility index (Phi) is 5.83. The summed E-state index contributed by atoms with van der Waals surface area (Å²) in [5.41, 5.74) is 5.68. The Morgan fingerprint density at radius 3 is 2.42 bits per heavy atom. The zero-order valence-electron chi connectivity index (χ0n) is 16.9. The lowest BCUT2D eigenvalue weighted by Gasteiger charge is -2.14. The molecule has 164 valence electrons. The maximum atomic E-state index is 14.9. The number of carbonyl (C=O) groups excluding carboxylic acids is 1. The smallest absolute Gasteiger partial charge is 0.340 e. The molecule has 0 bridgehead atoms. The highest BCUT2D eigenvalue weighted by atomic mass is 19.3. The number of rotatable bonds is 8. The van der Waals surface area contributed by atoms with E-state index in [1.54, 1.807) is 26.0 Å². The van der Waals surface area contributed by atoms with Gasteiger partial charge in [0.25, 0.3) is 0 Å². The summed E-state index contributed by atoms with van der Waals surface area (Å²) < 4.78 is 36.2. The van der Waals surface area contributed by atoms with Crippen molar-refractivity contribution in [1.29, 1.82) is 0 Å². The van der Waals surface area contributed by atoms with Crippen LogP contribution in [0.25, 0.3) is 11.3 Å². The van der Waals surface area contributed by atoms with Crippen LogP contribution in [-0.2, 0) is 19.4 Å². The van der Waals surface area contributed by atoms with E-state index in [1.165, 1.54) is 16.7 Å². The number of Topliss-reactive ketones (excluding diaryl/α,β-unsaturated/α-hetero) is 1. The summed E-state index contributed by atoms with van der Waals surface area (Å²) in [7, 11) is 0. The third kappa shape index (κ3) is 4.00. The Morgan fingerprint density at radius 1 is 1.23 bits per heavy atom. The minimum absolute atomic E-state index is 0.0372. The van der Waals surface area contributed by atoms with E-state index in [0.717, 1.165) is 6.20 Å². The molecular weight excluding hydrogens is 412 g/mol. The molecule has 1 aromatic carbocycles. The zero-order chi connectivity index (χ0) is 22.9. The number of halogens is 2. The Bertz CT molecular complexity index is 1130. The number of ketones is 1. The Balaban J connectivity index is 1.97. The third-order valence-corrected chi connectivity index (χ3v) is 5.00. The van der Waals surface area contributed by atoms with E-state index in [1.807, 2.05) is 0 Å². The van der Waals surface area contributed by atoms with E-state index in [9.17, 15) is 28.6 Å². The van der Waals surface area contributed by atoms with Crippen LogP contribution in [0, 0.1) is 0 Å². The van der Waals surface area contributed by atoms with Crippen LogP contribution in [0.1, 0.15) is 45.9 Å². The highest BCUT2D eigenvalue weighted by Gasteiger charge is 2.44. The van der Waals surface area contributed by atoms with Gasteiger partial charge in [-0.05, 0) is 37.6 Å². The lowest BCUT2D eigenvalue weighted by molar-refractivity contribution is 0.00663. The molecule has 10 heteroatoms. The number of hydrogen-bond donors (Lipinski definition) is 3. The molecule has 0 fully saturated rings. The second-order valence-electron chi connectivity index (χ2n) is 6.94. The number of aromatic nitrogens is 2. The van der Waals surface area contributed by atoms with Crippen molar-refractivity contribution in [2.75, 3.05) is 5.73 Å². The van der Waals surface area contributed by atoms with Gasteiger partial charge in [-0.15, -0.1) is 0 Å². The first-order valence-corrected chi connectivity index (χ1v) is 9.52. The minimum atomic E-state index is -3.95. The van der Waals surface area contributed by atoms with Crippen molar-refractivity contribution >= 4 is 17.6 Å². The number of carboxylic acids is 1. The van der Waals surface area contributed by atoms with Crippen LogP contribution in [0.4, 0.5) is 14.6 Å². The summed E-state index contributed by atoms with van der Waals surface area (Å²) in [6.45, 7) is 3.58. The number of aromatic carboxylic acids is 1. The molecule has 31 heavy (non-hydrogen) atoms. The molecule has 0 aliphatic rings. The Labute approximate surface area is 175 Å². The van der Waals surface area contributed by atoms with Crippen molar-refractivity contribution in [1.82, 2.24) is 9.72 Å². The first-order chi connectivity index (χ1) is 14.6. The fourth-order valence-electron chi connectivity index (χ4n) is 3.40. The normalized spacial score (nSPS) is 11.6. The molecule has 0 aliphatic carbocycles. The number of carbonyl (C=O) groups is 2. The second kappa shape index (κ2) is 8.21. The van der Waals surface area contributed by atoms with Crippen LogP contribution in [0.15, 0.2) is 35.0 Å². The van der Waals surface area contributed by atoms with Gasteiger partial charge in [0.2, 0.25) is 5.78 Å². The summed E-state index contributed by atoms with van der Waals surface area (Å²) in [5, 5.41) is 22.6. The quantitative estimate of drug-likeness (QED) is 0.461. The number of hydrogen-bond acceptors (Lipinski definition) is 6. The van der Waals surface area contributed by atoms with E-state index in [2.05, 4.69) is 5.16 Å². The molecule has 0 saturated heterocycles. The lowest BCUT2D eigenvalue weighted by atomic mass is 9.97. The molecule has 0 aliphatic heterocycles. The van der Waals surface area contributed by atoms with Gasteiger partial charge in [-0.1, -0.05) is 12.1 Å². The molecule has 2 heterocycles. The van der Waals surface area contributed by atoms with Gasteiger partial charge in [0.15, 0.2) is 0 Å². The Hall–Kier alpha value is -3.69. The molecule has 0 atom stereocenters. The predicted molar refractivity (Wildman–Crippen MR) is 107 cm³/mol. The van der Waals surface area contributed by atoms with Gasteiger partial charge in [0.1, 0.15) is 28.6 Å². The SMILES string of the molecule is CCc1c(-c2ccc(O)cc2)noc1CC(F)(F)C(=O)c1cn(CC)c(N)c1C(=O)O. The predicted octanol–water partition coefficient (Wildman–Crippen LogP) is 3.77. The molecule has 0 spiro atoms. The van der Waals surface area contributed by atoms with Gasteiger partial charge < -0.3 is 25.0 Å². The number of benzene rings is 1. The summed E-state index contributed by atoms with van der Waals surface area (Å²) >= 11 is 0. The molecule has 4 N–H and O–H groups in total. The third-order valence-electron chi connectivity index (χ3n) is 5.00. The number of anilines is 1. The van der Waals surface area contributed by atoms with Crippen molar-refractivity contribution < 1.29 is 33.1 Å². The van der Waals surface area contributed by atoms with Crippen molar-refractivity contribution in [3.05, 3.63) is 52.9 Å². The summed E-state index contributed by atoms with van der Waals surface area (Å²) in [5.74, 6) is -7.58. The average molecular weight is 433 g/mol. The number of nitrogens with zero attached hydrogens (tertiary/aromatic N) is 2. The first kappa shape index (κ1) is 22.0. The monoisotopic (exact) mass is 433 g/mol. The number of aromatic hydroxyl groups is 1. The van der Waals surface area contributed by atoms with Crippen LogP contribution in [0.3, 0.4) is 0 Å². The van der Waals surface area contributed by atoms with Crippen molar-refractivity contribution in [2.24, 2.45) is 0 Å². The largest absolute Gasteiger partial charge is 0.508 e. The molecular formula is C21H21F2N3O5. The molecule has 3 aromatic rings. The number of phenolic OH excluding ortho intramolecular Hbond substituents is 1. The average Bonchev–Trinajstić information content (AvgIpc) is 3.27. The molecule has 0 unspecified atom stereocenters. The van der Waals surface area contributed by atoms with Crippen LogP contribution < -0.4 is 5.73 Å². The first-order valence-electron chi connectivity index (χ1n) is 9.52. The molecule has 2 aromatic heterocycles.